The van der Waals surface area contributed by atoms with Crippen molar-refractivity contribution in [3.05, 3.63) is 54.4 Å². The number of nitrogens with zero attached hydrogens (tertiary/aromatic N) is 2. The Hall–Kier alpha value is -2.66. The molecule has 1 amide bonds. The van der Waals surface area contributed by atoms with Crippen LogP contribution in [-0.4, -0.2) is 22.5 Å². The molecule has 3 aromatic rings. The number of carbonyl (C=O) groups is 1. The molecule has 0 radical (unpaired) electrons. The zero-order valence-corrected chi connectivity index (χ0v) is 11.5. The number of fused-ring (bicyclic) bond motifs is 2. The van der Waals surface area contributed by atoms with E-state index < -0.39 is 0 Å². The van der Waals surface area contributed by atoms with E-state index in [0.29, 0.717) is 0 Å². The number of hydrogen-bond donors (Lipinski definition) is 2. The van der Waals surface area contributed by atoms with Gasteiger partial charge in [-0.15, -0.1) is 0 Å². The Balaban J connectivity index is 1.85. The summed E-state index contributed by atoms with van der Waals surface area (Å²) in [5.41, 5.74) is 4.83. The lowest BCUT2D eigenvalue weighted by atomic mass is 10.1. The number of likely N-dealkylation sites (N-methyl/N-ethyl adjacent to an activating group) is 1. The number of rotatable bonds is 2. The Bertz CT molecular complexity index is 852. The molecule has 1 aliphatic rings. The van der Waals surface area contributed by atoms with Crippen LogP contribution >= 0.6 is 0 Å². The van der Waals surface area contributed by atoms with Crippen LogP contribution in [0, 0.1) is 0 Å². The van der Waals surface area contributed by atoms with Gasteiger partial charge in [0, 0.05) is 16.9 Å². The van der Waals surface area contributed by atoms with Crippen molar-refractivity contribution in [1.29, 1.82) is 0 Å². The lowest BCUT2D eigenvalue weighted by Crippen LogP contribution is -2.23. The minimum absolute atomic E-state index is 0.0138. The van der Waals surface area contributed by atoms with Crippen LogP contribution in [0.2, 0.25) is 0 Å². The molecule has 0 fully saturated rings. The van der Waals surface area contributed by atoms with Gasteiger partial charge in [0.25, 0.3) is 0 Å². The van der Waals surface area contributed by atoms with E-state index in [0.717, 1.165) is 28.0 Å². The highest BCUT2D eigenvalue weighted by Crippen LogP contribution is 2.32. The van der Waals surface area contributed by atoms with Crippen LogP contribution in [0.3, 0.4) is 0 Å². The average Bonchev–Trinajstić information content (AvgIpc) is 3.06. The van der Waals surface area contributed by atoms with Crippen molar-refractivity contribution in [2.45, 2.75) is 6.04 Å². The van der Waals surface area contributed by atoms with Crippen molar-refractivity contribution >= 4 is 22.6 Å². The second-order valence-electron chi connectivity index (χ2n) is 5.09. The van der Waals surface area contributed by atoms with Crippen molar-refractivity contribution in [1.82, 2.24) is 14.9 Å². The van der Waals surface area contributed by atoms with E-state index in [4.69, 9.17) is 0 Å². The number of carbonyl (C=O) groups excluding carboxylic acids is 1. The average molecular weight is 278 g/mol. The third kappa shape index (κ3) is 1.75. The smallest absolute Gasteiger partial charge is 0.246 e. The van der Waals surface area contributed by atoms with Crippen LogP contribution in [0.4, 0.5) is 5.69 Å². The Morgan fingerprint density at radius 1 is 1.24 bits per heavy atom. The zero-order valence-electron chi connectivity index (χ0n) is 11.5. The summed E-state index contributed by atoms with van der Waals surface area (Å²) < 4.78 is 2.02. The van der Waals surface area contributed by atoms with Crippen molar-refractivity contribution in [2.24, 2.45) is 0 Å². The molecule has 0 saturated carbocycles. The summed E-state index contributed by atoms with van der Waals surface area (Å²) in [5, 5.41) is 5.94. The summed E-state index contributed by atoms with van der Waals surface area (Å²) in [6, 6.07) is 13.7. The molecule has 2 aromatic carbocycles. The van der Waals surface area contributed by atoms with Crippen molar-refractivity contribution < 1.29 is 4.79 Å². The molecule has 5 nitrogen and oxygen atoms in total. The van der Waals surface area contributed by atoms with Gasteiger partial charge in [-0.25, -0.2) is 4.98 Å². The Morgan fingerprint density at radius 3 is 2.95 bits per heavy atom. The highest BCUT2D eigenvalue weighted by Gasteiger charge is 2.29. The number of nitrogens with one attached hydrogen (secondary N) is 2. The van der Waals surface area contributed by atoms with Crippen molar-refractivity contribution in [3.8, 4) is 5.69 Å². The van der Waals surface area contributed by atoms with Crippen LogP contribution in [-0.2, 0) is 4.79 Å². The van der Waals surface area contributed by atoms with E-state index in [1.807, 2.05) is 47.0 Å². The van der Waals surface area contributed by atoms with E-state index >= 15 is 0 Å². The van der Waals surface area contributed by atoms with Gasteiger partial charge in [0.1, 0.15) is 12.4 Å². The molecule has 0 saturated heterocycles. The van der Waals surface area contributed by atoms with E-state index in [1.165, 1.54) is 0 Å². The van der Waals surface area contributed by atoms with Gasteiger partial charge in [-0.1, -0.05) is 18.2 Å². The second-order valence-corrected chi connectivity index (χ2v) is 5.09. The molecule has 0 aliphatic carbocycles. The third-order valence-corrected chi connectivity index (χ3v) is 3.89. The summed E-state index contributed by atoms with van der Waals surface area (Å²) in [6.45, 7) is 0. The summed E-state index contributed by atoms with van der Waals surface area (Å²) in [6.07, 6.45) is 1.80. The summed E-state index contributed by atoms with van der Waals surface area (Å²) >= 11 is 0. The molecule has 2 N–H and O–H groups in total. The molecule has 1 unspecified atom stereocenters. The normalized spacial score (nSPS) is 17.0. The van der Waals surface area contributed by atoms with Gasteiger partial charge in [-0.05, 0) is 31.3 Å². The second kappa shape index (κ2) is 4.43. The SMILES string of the molecule is CNC1C(=O)Nc2cc(-n3cnc4ccccc43)ccc21. The fraction of sp³-hybridized carbons (Fsp3) is 0.125. The maximum Gasteiger partial charge on any atom is 0.246 e. The quantitative estimate of drug-likeness (QED) is 0.756. The molecule has 2 heterocycles. The first-order chi connectivity index (χ1) is 10.3. The van der Waals surface area contributed by atoms with Crippen LogP contribution in [0.5, 0.6) is 0 Å². The first-order valence-corrected chi connectivity index (χ1v) is 6.82. The van der Waals surface area contributed by atoms with Gasteiger partial charge in [0.05, 0.1) is 11.0 Å². The molecule has 1 aromatic heterocycles. The number of amides is 1. The number of aromatic nitrogens is 2. The third-order valence-electron chi connectivity index (χ3n) is 3.89. The molecule has 1 atom stereocenters. The number of para-hydroxylation sites is 2. The molecular formula is C16H14N4O. The molecule has 0 spiro atoms. The predicted molar refractivity (Wildman–Crippen MR) is 81.5 cm³/mol. The standard InChI is InChI=1S/C16H14N4O/c1-17-15-11-7-6-10(8-13(11)19-16(15)21)20-9-18-12-4-2-3-5-14(12)20/h2-9,15,17H,1H3,(H,19,21). The monoisotopic (exact) mass is 278 g/mol. The maximum atomic E-state index is 11.9. The number of imidazole rings is 1. The highest BCUT2D eigenvalue weighted by molar-refractivity contribution is 6.03. The molecule has 21 heavy (non-hydrogen) atoms. The fourth-order valence-electron chi connectivity index (χ4n) is 2.85. The molecule has 4 rings (SSSR count). The predicted octanol–water partition coefficient (Wildman–Crippen LogP) is 2.24. The maximum absolute atomic E-state index is 11.9. The largest absolute Gasteiger partial charge is 0.324 e. The molecular weight excluding hydrogens is 264 g/mol. The van der Waals surface area contributed by atoms with Gasteiger partial charge in [-0.2, -0.15) is 0 Å². The first kappa shape index (κ1) is 12.1. The topological polar surface area (TPSA) is 59.0 Å². The lowest BCUT2D eigenvalue weighted by Gasteiger charge is -2.09. The Kier molecular flexibility index (Phi) is 2.55. The van der Waals surface area contributed by atoms with Crippen molar-refractivity contribution in [2.75, 3.05) is 12.4 Å². The molecule has 5 heteroatoms. The van der Waals surface area contributed by atoms with Crippen LogP contribution < -0.4 is 10.6 Å². The van der Waals surface area contributed by atoms with Gasteiger partial charge < -0.3 is 10.6 Å². The van der Waals surface area contributed by atoms with E-state index in [2.05, 4.69) is 15.6 Å². The van der Waals surface area contributed by atoms with Gasteiger partial charge in [0.2, 0.25) is 5.91 Å². The minimum Gasteiger partial charge on any atom is -0.324 e. The molecule has 1 aliphatic heterocycles. The molecule has 0 bridgehead atoms. The number of benzene rings is 2. The van der Waals surface area contributed by atoms with Crippen molar-refractivity contribution in [3.63, 3.8) is 0 Å². The lowest BCUT2D eigenvalue weighted by molar-refractivity contribution is -0.117. The van der Waals surface area contributed by atoms with Crippen LogP contribution in [0.15, 0.2) is 48.8 Å². The minimum atomic E-state index is -0.270. The summed E-state index contributed by atoms with van der Waals surface area (Å²) in [5.74, 6) is -0.0138. The zero-order chi connectivity index (χ0) is 14.4. The fourth-order valence-corrected chi connectivity index (χ4v) is 2.85. The number of hydrogen-bond acceptors (Lipinski definition) is 3. The van der Waals surface area contributed by atoms with E-state index in [-0.39, 0.29) is 11.9 Å². The Labute approximate surface area is 121 Å². The first-order valence-electron chi connectivity index (χ1n) is 6.82. The number of anilines is 1. The summed E-state index contributed by atoms with van der Waals surface area (Å²) in [4.78, 5) is 16.3. The van der Waals surface area contributed by atoms with Crippen LogP contribution in [0.1, 0.15) is 11.6 Å². The summed E-state index contributed by atoms with van der Waals surface area (Å²) in [7, 11) is 1.79. The van der Waals surface area contributed by atoms with Crippen LogP contribution in [0.25, 0.3) is 16.7 Å². The van der Waals surface area contributed by atoms with Gasteiger partial charge in [0.15, 0.2) is 0 Å². The van der Waals surface area contributed by atoms with Gasteiger partial charge in [-0.3, -0.25) is 9.36 Å². The van der Waals surface area contributed by atoms with E-state index in [1.54, 1.807) is 13.4 Å². The van der Waals surface area contributed by atoms with Gasteiger partial charge >= 0.3 is 0 Å². The Morgan fingerprint density at radius 2 is 2.10 bits per heavy atom. The molecule has 104 valence electrons. The highest BCUT2D eigenvalue weighted by atomic mass is 16.2. The van der Waals surface area contributed by atoms with E-state index in [9.17, 15) is 4.79 Å².